The van der Waals surface area contributed by atoms with Crippen molar-refractivity contribution >= 4 is 29.2 Å². The largest absolute Gasteiger partial charge is 0.328 e. The zero-order valence-electron chi connectivity index (χ0n) is 10.1. The predicted octanol–water partition coefficient (Wildman–Crippen LogP) is 1.23. The first-order valence-electron chi connectivity index (χ1n) is 5.70. The zero-order valence-corrected chi connectivity index (χ0v) is 10.9. The molecular formula is C14H13FN3S+. The number of para-hydroxylation sites is 1. The quantitative estimate of drug-likeness (QED) is 0.448. The lowest BCUT2D eigenvalue weighted by molar-refractivity contribution is -0.499. The fraction of sp³-hybridized carbons (Fsp3) is 0. The van der Waals surface area contributed by atoms with Crippen molar-refractivity contribution in [3.05, 3.63) is 66.0 Å². The fourth-order valence-electron chi connectivity index (χ4n) is 1.43. The second-order valence-corrected chi connectivity index (χ2v) is 4.19. The third-order valence-electron chi connectivity index (χ3n) is 2.33. The van der Waals surface area contributed by atoms with Gasteiger partial charge in [0, 0.05) is 11.3 Å². The molecule has 3 nitrogen and oxygen atoms in total. The Morgan fingerprint density at radius 2 is 1.74 bits per heavy atom. The van der Waals surface area contributed by atoms with Crippen molar-refractivity contribution < 1.29 is 9.49 Å². The summed E-state index contributed by atoms with van der Waals surface area (Å²) in [5.41, 5.74) is 4.57. The fourth-order valence-corrected chi connectivity index (χ4v) is 1.60. The SMILES string of the molecule is Fc1ccc(C=[NH+]NC(=S)Nc2ccccc2)cc1. The van der Waals surface area contributed by atoms with Crippen molar-refractivity contribution in [2.75, 3.05) is 5.32 Å². The molecule has 0 unspecified atom stereocenters. The van der Waals surface area contributed by atoms with Crippen LogP contribution < -0.4 is 15.8 Å². The minimum absolute atomic E-state index is 0.258. The van der Waals surface area contributed by atoms with Gasteiger partial charge in [0.05, 0.1) is 0 Å². The van der Waals surface area contributed by atoms with E-state index in [1.807, 2.05) is 30.3 Å². The molecule has 0 bridgehead atoms. The molecule has 0 aliphatic carbocycles. The molecule has 2 aromatic carbocycles. The van der Waals surface area contributed by atoms with E-state index in [1.165, 1.54) is 12.1 Å². The van der Waals surface area contributed by atoms with E-state index in [-0.39, 0.29) is 5.82 Å². The molecule has 0 saturated heterocycles. The summed E-state index contributed by atoms with van der Waals surface area (Å²) in [5.74, 6) is -0.258. The van der Waals surface area contributed by atoms with E-state index in [1.54, 1.807) is 18.3 Å². The Balaban J connectivity index is 1.85. The second kappa shape index (κ2) is 6.61. The molecule has 0 aromatic heterocycles. The minimum Gasteiger partial charge on any atom is -0.328 e. The number of hydrogen-bond acceptors (Lipinski definition) is 1. The molecule has 19 heavy (non-hydrogen) atoms. The third kappa shape index (κ3) is 4.48. The number of thiocarbonyl (C=S) groups is 1. The number of nitrogens with one attached hydrogen (secondary N) is 3. The van der Waals surface area contributed by atoms with Gasteiger partial charge in [-0.05, 0) is 48.6 Å². The van der Waals surface area contributed by atoms with Gasteiger partial charge in [0.25, 0.3) is 0 Å². The summed E-state index contributed by atoms with van der Waals surface area (Å²) < 4.78 is 12.7. The summed E-state index contributed by atoms with van der Waals surface area (Å²) in [7, 11) is 0. The normalized spacial score (nSPS) is 10.4. The van der Waals surface area contributed by atoms with Crippen LogP contribution in [0.15, 0.2) is 54.6 Å². The lowest BCUT2D eigenvalue weighted by atomic mass is 10.2. The third-order valence-corrected chi connectivity index (χ3v) is 2.53. The number of halogens is 1. The second-order valence-electron chi connectivity index (χ2n) is 3.79. The van der Waals surface area contributed by atoms with Crippen LogP contribution in [0.5, 0.6) is 0 Å². The summed E-state index contributed by atoms with van der Waals surface area (Å²) >= 11 is 5.11. The number of hydrazone groups is 1. The van der Waals surface area contributed by atoms with Crippen LogP contribution in [0.1, 0.15) is 5.56 Å². The van der Waals surface area contributed by atoms with Crippen LogP contribution in [0.2, 0.25) is 0 Å². The molecule has 0 amide bonds. The molecule has 2 rings (SSSR count). The number of hydrazine groups is 1. The summed E-state index contributed by atoms with van der Waals surface area (Å²) in [4.78, 5) is 0. The molecule has 0 aliphatic rings. The average molecular weight is 274 g/mol. The first-order valence-corrected chi connectivity index (χ1v) is 6.11. The topological polar surface area (TPSA) is 38.0 Å². The first kappa shape index (κ1) is 13.2. The van der Waals surface area contributed by atoms with Gasteiger partial charge in [-0.3, -0.25) is 0 Å². The van der Waals surface area contributed by atoms with E-state index in [0.29, 0.717) is 5.11 Å². The molecule has 0 fully saturated rings. The monoisotopic (exact) mass is 274 g/mol. The molecule has 0 aliphatic heterocycles. The van der Waals surface area contributed by atoms with Crippen molar-refractivity contribution in [2.24, 2.45) is 0 Å². The Morgan fingerprint density at radius 3 is 2.42 bits per heavy atom. The number of anilines is 1. The number of rotatable bonds is 3. The van der Waals surface area contributed by atoms with Gasteiger partial charge in [0.15, 0.2) is 6.21 Å². The van der Waals surface area contributed by atoms with Crippen molar-refractivity contribution in [3.63, 3.8) is 0 Å². The van der Waals surface area contributed by atoms with Crippen LogP contribution in [-0.2, 0) is 0 Å². The van der Waals surface area contributed by atoms with Gasteiger partial charge in [-0.2, -0.15) is 0 Å². The van der Waals surface area contributed by atoms with Gasteiger partial charge in [0.2, 0.25) is 5.11 Å². The van der Waals surface area contributed by atoms with E-state index >= 15 is 0 Å². The molecule has 5 heteroatoms. The highest BCUT2D eigenvalue weighted by atomic mass is 32.1. The molecule has 0 atom stereocenters. The molecule has 3 N–H and O–H groups in total. The Morgan fingerprint density at radius 1 is 1.05 bits per heavy atom. The van der Waals surface area contributed by atoms with Crippen molar-refractivity contribution in [1.82, 2.24) is 5.43 Å². The Hall–Kier alpha value is -2.27. The molecule has 96 valence electrons. The highest BCUT2D eigenvalue weighted by Gasteiger charge is 1.97. The predicted molar refractivity (Wildman–Crippen MR) is 78.3 cm³/mol. The van der Waals surface area contributed by atoms with Crippen molar-refractivity contribution in [2.45, 2.75) is 0 Å². The smallest absolute Gasteiger partial charge is 0.228 e. The lowest BCUT2D eigenvalue weighted by Gasteiger charge is -2.03. The van der Waals surface area contributed by atoms with Crippen LogP contribution in [0.3, 0.4) is 0 Å². The van der Waals surface area contributed by atoms with Crippen LogP contribution >= 0.6 is 12.2 Å². The van der Waals surface area contributed by atoms with Crippen LogP contribution in [0, 0.1) is 5.82 Å². The van der Waals surface area contributed by atoms with Gasteiger partial charge in [0.1, 0.15) is 5.82 Å². The first-order chi connectivity index (χ1) is 9.24. The minimum atomic E-state index is -0.258. The highest BCUT2D eigenvalue weighted by molar-refractivity contribution is 7.80. The summed E-state index contributed by atoms with van der Waals surface area (Å²) in [6.45, 7) is 0. The Labute approximate surface area is 116 Å². The molecule has 0 saturated carbocycles. The van der Waals surface area contributed by atoms with E-state index in [4.69, 9.17) is 12.2 Å². The zero-order chi connectivity index (χ0) is 13.5. The Bertz CT molecular complexity index is 567. The van der Waals surface area contributed by atoms with Gasteiger partial charge in [-0.1, -0.05) is 18.2 Å². The molecule has 0 heterocycles. The van der Waals surface area contributed by atoms with Crippen molar-refractivity contribution in [3.8, 4) is 0 Å². The standard InChI is InChI=1S/C14H12FN3S/c15-12-8-6-11(7-9-12)10-16-18-14(19)17-13-4-2-1-3-5-13/h1-10H,(H2,17,18,19)/p+1. The summed E-state index contributed by atoms with van der Waals surface area (Å²) in [5, 5.41) is 6.30. The van der Waals surface area contributed by atoms with E-state index < -0.39 is 0 Å². The molecule has 0 radical (unpaired) electrons. The van der Waals surface area contributed by atoms with Gasteiger partial charge in [-0.15, -0.1) is 10.5 Å². The van der Waals surface area contributed by atoms with Gasteiger partial charge < -0.3 is 5.32 Å². The molecule has 2 aromatic rings. The van der Waals surface area contributed by atoms with Gasteiger partial charge >= 0.3 is 0 Å². The maximum absolute atomic E-state index is 12.7. The highest BCUT2D eigenvalue weighted by Crippen LogP contribution is 2.03. The number of hydrogen-bond donors (Lipinski definition) is 3. The van der Waals surface area contributed by atoms with Crippen LogP contribution in [0.4, 0.5) is 10.1 Å². The van der Waals surface area contributed by atoms with Gasteiger partial charge in [-0.25, -0.2) is 4.39 Å². The molecular weight excluding hydrogens is 261 g/mol. The summed E-state index contributed by atoms with van der Waals surface area (Å²) in [6.07, 6.45) is 1.69. The Kier molecular flexibility index (Phi) is 4.58. The summed E-state index contributed by atoms with van der Waals surface area (Å²) in [6, 6.07) is 15.7. The average Bonchev–Trinajstić information content (AvgIpc) is 2.42. The number of benzene rings is 2. The van der Waals surface area contributed by atoms with E-state index in [9.17, 15) is 4.39 Å². The van der Waals surface area contributed by atoms with E-state index in [0.717, 1.165) is 11.3 Å². The maximum atomic E-state index is 12.7. The van der Waals surface area contributed by atoms with Crippen LogP contribution in [0.25, 0.3) is 0 Å². The molecule has 0 spiro atoms. The van der Waals surface area contributed by atoms with Crippen molar-refractivity contribution in [1.29, 1.82) is 0 Å². The van der Waals surface area contributed by atoms with Crippen LogP contribution in [-0.4, -0.2) is 11.3 Å². The van der Waals surface area contributed by atoms with E-state index in [2.05, 4.69) is 15.8 Å². The lowest BCUT2D eigenvalue weighted by Crippen LogP contribution is -2.82. The maximum Gasteiger partial charge on any atom is 0.228 e.